The SMILES string of the molecule is CC1=C(C)CN(C#N)C(C#N)C1. The molecule has 3 heteroatoms. The fourth-order valence-electron chi connectivity index (χ4n) is 1.30. The Hall–Kier alpha value is -1.48. The van der Waals surface area contributed by atoms with E-state index in [1.54, 1.807) is 0 Å². The van der Waals surface area contributed by atoms with Crippen LogP contribution in [-0.2, 0) is 0 Å². The van der Waals surface area contributed by atoms with Crippen LogP contribution >= 0.6 is 0 Å². The van der Waals surface area contributed by atoms with Gasteiger partial charge in [-0.2, -0.15) is 10.5 Å². The minimum atomic E-state index is -0.251. The van der Waals surface area contributed by atoms with Gasteiger partial charge in [0.1, 0.15) is 6.04 Å². The summed E-state index contributed by atoms with van der Waals surface area (Å²) in [4.78, 5) is 1.53. The van der Waals surface area contributed by atoms with Gasteiger partial charge in [-0.15, -0.1) is 0 Å². The molecular weight excluding hydrogens is 150 g/mol. The highest BCUT2D eigenvalue weighted by Crippen LogP contribution is 2.21. The lowest BCUT2D eigenvalue weighted by atomic mass is 9.97. The fraction of sp³-hybridized carbons (Fsp3) is 0.556. The smallest absolute Gasteiger partial charge is 0.180 e. The molecular formula is C9H11N3. The average molecular weight is 161 g/mol. The first kappa shape index (κ1) is 8.62. The highest BCUT2D eigenvalue weighted by Gasteiger charge is 2.22. The summed E-state index contributed by atoms with van der Waals surface area (Å²) in [5.41, 5.74) is 2.45. The van der Waals surface area contributed by atoms with E-state index < -0.39 is 0 Å². The van der Waals surface area contributed by atoms with Crippen molar-refractivity contribution in [2.45, 2.75) is 26.3 Å². The highest BCUT2D eigenvalue weighted by atomic mass is 15.1. The van der Waals surface area contributed by atoms with Crippen LogP contribution in [0.5, 0.6) is 0 Å². The van der Waals surface area contributed by atoms with Gasteiger partial charge in [-0.25, -0.2) is 0 Å². The quantitative estimate of drug-likeness (QED) is 0.398. The Morgan fingerprint density at radius 2 is 2.00 bits per heavy atom. The van der Waals surface area contributed by atoms with E-state index in [1.165, 1.54) is 16.0 Å². The molecule has 0 radical (unpaired) electrons. The second kappa shape index (κ2) is 3.28. The molecule has 62 valence electrons. The van der Waals surface area contributed by atoms with Crippen LogP contribution in [0.2, 0.25) is 0 Å². The zero-order chi connectivity index (χ0) is 9.14. The standard InChI is InChI=1S/C9H11N3/c1-7-3-9(4-10)12(6-11)5-8(7)2/h9H,3,5H2,1-2H3. The van der Waals surface area contributed by atoms with E-state index in [2.05, 4.69) is 6.07 Å². The van der Waals surface area contributed by atoms with Crippen LogP contribution in [0.4, 0.5) is 0 Å². The summed E-state index contributed by atoms with van der Waals surface area (Å²) < 4.78 is 0. The molecule has 1 aliphatic rings. The number of nitrogens with zero attached hydrogens (tertiary/aromatic N) is 3. The van der Waals surface area contributed by atoms with Crippen LogP contribution in [0.25, 0.3) is 0 Å². The third kappa shape index (κ3) is 1.40. The van der Waals surface area contributed by atoms with Gasteiger partial charge in [0.2, 0.25) is 0 Å². The zero-order valence-electron chi connectivity index (χ0n) is 7.33. The summed E-state index contributed by atoms with van der Waals surface area (Å²) in [5, 5.41) is 17.4. The van der Waals surface area contributed by atoms with Crippen LogP contribution in [0, 0.1) is 22.8 Å². The molecule has 0 aromatic carbocycles. The minimum Gasteiger partial charge on any atom is -0.289 e. The molecule has 1 atom stereocenters. The van der Waals surface area contributed by atoms with Gasteiger partial charge in [-0.1, -0.05) is 11.1 Å². The van der Waals surface area contributed by atoms with E-state index in [-0.39, 0.29) is 6.04 Å². The molecule has 0 saturated heterocycles. The van der Waals surface area contributed by atoms with Gasteiger partial charge >= 0.3 is 0 Å². The van der Waals surface area contributed by atoms with E-state index in [9.17, 15) is 0 Å². The number of hydrogen-bond donors (Lipinski definition) is 0. The molecule has 0 fully saturated rings. The van der Waals surface area contributed by atoms with Crippen molar-refractivity contribution in [1.29, 1.82) is 10.5 Å². The molecule has 0 amide bonds. The number of rotatable bonds is 0. The second-order valence-corrected chi connectivity index (χ2v) is 3.14. The van der Waals surface area contributed by atoms with Gasteiger partial charge < -0.3 is 0 Å². The maximum absolute atomic E-state index is 8.73. The molecule has 0 N–H and O–H groups in total. The first-order chi connectivity index (χ1) is 5.69. The zero-order valence-corrected chi connectivity index (χ0v) is 7.33. The summed E-state index contributed by atoms with van der Waals surface area (Å²) in [7, 11) is 0. The molecule has 1 aliphatic heterocycles. The molecule has 0 saturated carbocycles. The van der Waals surface area contributed by atoms with E-state index >= 15 is 0 Å². The van der Waals surface area contributed by atoms with Gasteiger partial charge in [0.05, 0.1) is 12.6 Å². The minimum absolute atomic E-state index is 0.251. The summed E-state index contributed by atoms with van der Waals surface area (Å²) in [6, 6.07) is 1.87. The van der Waals surface area contributed by atoms with Crippen molar-refractivity contribution in [3.63, 3.8) is 0 Å². The molecule has 0 spiro atoms. The van der Waals surface area contributed by atoms with Crippen molar-refractivity contribution in [2.24, 2.45) is 0 Å². The second-order valence-electron chi connectivity index (χ2n) is 3.14. The summed E-state index contributed by atoms with van der Waals surface area (Å²) in [6.45, 7) is 4.64. The summed E-state index contributed by atoms with van der Waals surface area (Å²) in [6.07, 6.45) is 2.74. The Morgan fingerprint density at radius 3 is 2.50 bits per heavy atom. The van der Waals surface area contributed by atoms with Crippen LogP contribution in [0.3, 0.4) is 0 Å². The lowest BCUT2D eigenvalue weighted by Gasteiger charge is -2.28. The maximum Gasteiger partial charge on any atom is 0.180 e. The van der Waals surface area contributed by atoms with Crippen molar-refractivity contribution in [3.05, 3.63) is 11.1 Å². The van der Waals surface area contributed by atoms with Crippen molar-refractivity contribution in [2.75, 3.05) is 6.54 Å². The Morgan fingerprint density at radius 1 is 1.33 bits per heavy atom. The molecule has 1 heterocycles. The molecule has 0 aliphatic carbocycles. The molecule has 3 nitrogen and oxygen atoms in total. The lowest BCUT2D eigenvalue weighted by Crippen LogP contribution is -2.35. The van der Waals surface area contributed by atoms with E-state index in [4.69, 9.17) is 10.5 Å². The topological polar surface area (TPSA) is 50.8 Å². The third-order valence-electron chi connectivity index (χ3n) is 2.29. The average Bonchev–Trinajstić information content (AvgIpc) is 2.09. The Bertz CT molecular complexity index is 260. The monoisotopic (exact) mass is 161 g/mol. The van der Waals surface area contributed by atoms with Gasteiger partial charge in [0.25, 0.3) is 0 Å². The largest absolute Gasteiger partial charge is 0.289 e. The lowest BCUT2D eigenvalue weighted by molar-refractivity contribution is 0.343. The Balaban J connectivity index is 2.86. The van der Waals surface area contributed by atoms with Gasteiger partial charge in [0, 0.05) is 6.42 Å². The first-order valence-electron chi connectivity index (χ1n) is 3.90. The molecule has 0 bridgehead atoms. The molecule has 0 aromatic heterocycles. The van der Waals surface area contributed by atoms with Gasteiger partial charge in [-0.3, -0.25) is 4.90 Å². The van der Waals surface area contributed by atoms with Crippen molar-refractivity contribution in [3.8, 4) is 12.3 Å². The van der Waals surface area contributed by atoms with Crippen LogP contribution < -0.4 is 0 Å². The van der Waals surface area contributed by atoms with Gasteiger partial charge in [0.15, 0.2) is 6.19 Å². The number of hydrogen-bond acceptors (Lipinski definition) is 3. The van der Waals surface area contributed by atoms with Crippen molar-refractivity contribution >= 4 is 0 Å². The van der Waals surface area contributed by atoms with Crippen molar-refractivity contribution in [1.82, 2.24) is 4.90 Å². The molecule has 12 heavy (non-hydrogen) atoms. The predicted molar refractivity (Wildman–Crippen MR) is 44.7 cm³/mol. The van der Waals surface area contributed by atoms with E-state index in [0.717, 1.165) is 0 Å². The fourth-order valence-corrected chi connectivity index (χ4v) is 1.30. The molecule has 0 aromatic rings. The predicted octanol–water partition coefficient (Wildman–Crippen LogP) is 1.40. The van der Waals surface area contributed by atoms with Gasteiger partial charge in [-0.05, 0) is 13.8 Å². The van der Waals surface area contributed by atoms with E-state index in [0.29, 0.717) is 13.0 Å². The summed E-state index contributed by atoms with van der Waals surface area (Å²) >= 11 is 0. The van der Waals surface area contributed by atoms with Crippen LogP contribution in [-0.4, -0.2) is 17.5 Å². The highest BCUT2D eigenvalue weighted by molar-refractivity contribution is 5.21. The molecule has 1 rings (SSSR count). The first-order valence-corrected chi connectivity index (χ1v) is 3.90. The van der Waals surface area contributed by atoms with Crippen LogP contribution in [0.15, 0.2) is 11.1 Å². The molecule has 1 unspecified atom stereocenters. The van der Waals surface area contributed by atoms with Crippen molar-refractivity contribution < 1.29 is 0 Å². The third-order valence-corrected chi connectivity index (χ3v) is 2.29. The Kier molecular flexibility index (Phi) is 2.35. The summed E-state index contributed by atoms with van der Waals surface area (Å²) in [5.74, 6) is 0. The maximum atomic E-state index is 8.73. The Labute approximate surface area is 72.5 Å². The van der Waals surface area contributed by atoms with E-state index in [1.807, 2.05) is 20.0 Å². The normalized spacial score (nSPS) is 23.3. The van der Waals surface area contributed by atoms with Crippen LogP contribution in [0.1, 0.15) is 20.3 Å². The number of nitriles is 2.